The summed E-state index contributed by atoms with van der Waals surface area (Å²) in [6.07, 6.45) is 0.129. The monoisotopic (exact) mass is 251 g/mol. The Morgan fingerprint density at radius 1 is 1.33 bits per heavy atom. The number of aliphatic carboxylic acids is 1. The lowest BCUT2D eigenvalue weighted by Gasteiger charge is -2.09. The van der Waals surface area contributed by atoms with E-state index in [9.17, 15) is 4.79 Å². The van der Waals surface area contributed by atoms with Crippen molar-refractivity contribution in [3.63, 3.8) is 0 Å². The molecule has 0 atom stereocenters. The van der Waals surface area contributed by atoms with Gasteiger partial charge in [-0.2, -0.15) is 0 Å². The number of rotatable bonds is 6. The predicted molar refractivity (Wildman–Crippen MR) is 68.0 cm³/mol. The normalized spacial score (nSPS) is 11.4. The third-order valence-electron chi connectivity index (χ3n) is 2.03. The van der Waals surface area contributed by atoms with Gasteiger partial charge in [-0.3, -0.25) is 0 Å². The Labute approximate surface area is 106 Å². The average molecular weight is 251 g/mol. The van der Waals surface area contributed by atoms with Crippen LogP contribution in [0.2, 0.25) is 0 Å². The van der Waals surface area contributed by atoms with Crippen LogP contribution in [0.25, 0.3) is 0 Å². The van der Waals surface area contributed by atoms with E-state index < -0.39 is 12.6 Å². The molecule has 0 aliphatic rings. The van der Waals surface area contributed by atoms with Crippen LogP contribution in [0.4, 0.5) is 0 Å². The predicted octanol–water partition coefficient (Wildman–Crippen LogP) is 2.30. The van der Waals surface area contributed by atoms with Gasteiger partial charge in [0.2, 0.25) is 6.61 Å². The zero-order valence-electron chi connectivity index (χ0n) is 10.7. The summed E-state index contributed by atoms with van der Waals surface area (Å²) in [6.45, 7) is 5.23. The fourth-order valence-electron chi connectivity index (χ4n) is 1.28. The van der Waals surface area contributed by atoms with Crippen LogP contribution in [-0.2, 0) is 9.63 Å². The van der Waals surface area contributed by atoms with Crippen molar-refractivity contribution < 1.29 is 19.5 Å². The third-order valence-corrected chi connectivity index (χ3v) is 2.03. The van der Waals surface area contributed by atoms with Crippen molar-refractivity contribution in [2.45, 2.75) is 26.9 Å². The van der Waals surface area contributed by atoms with Gasteiger partial charge in [0.25, 0.3) is 0 Å². The first-order valence-corrected chi connectivity index (χ1v) is 5.64. The van der Waals surface area contributed by atoms with E-state index in [0.29, 0.717) is 5.71 Å². The molecule has 0 unspecified atom stereocenters. The van der Waals surface area contributed by atoms with Gasteiger partial charge in [0.1, 0.15) is 5.75 Å². The molecular weight excluding hydrogens is 234 g/mol. The van der Waals surface area contributed by atoms with Crippen LogP contribution in [-0.4, -0.2) is 29.5 Å². The summed E-state index contributed by atoms with van der Waals surface area (Å²) < 4.78 is 5.51. The first kappa shape index (κ1) is 14.0. The number of carbonyl (C=O) groups is 1. The summed E-state index contributed by atoms with van der Waals surface area (Å²) in [4.78, 5) is 14.9. The van der Waals surface area contributed by atoms with E-state index in [-0.39, 0.29) is 6.10 Å². The summed E-state index contributed by atoms with van der Waals surface area (Å²) in [6, 6.07) is 7.37. The van der Waals surface area contributed by atoms with Crippen molar-refractivity contribution in [2.75, 3.05) is 6.61 Å². The van der Waals surface area contributed by atoms with Crippen molar-refractivity contribution >= 4 is 11.7 Å². The first-order chi connectivity index (χ1) is 8.49. The van der Waals surface area contributed by atoms with Crippen LogP contribution < -0.4 is 4.74 Å². The molecule has 0 fully saturated rings. The van der Waals surface area contributed by atoms with E-state index >= 15 is 0 Å². The van der Waals surface area contributed by atoms with Crippen molar-refractivity contribution in [1.82, 2.24) is 0 Å². The number of nitrogens with zero attached hydrogens (tertiary/aromatic N) is 1. The average Bonchev–Trinajstić information content (AvgIpc) is 2.28. The minimum absolute atomic E-state index is 0.129. The molecule has 0 aromatic heterocycles. The Balaban J connectivity index is 2.63. The molecule has 5 heteroatoms. The van der Waals surface area contributed by atoms with E-state index in [0.717, 1.165) is 11.3 Å². The lowest BCUT2D eigenvalue weighted by molar-refractivity contribution is -0.142. The smallest absolute Gasteiger partial charge is 0.344 e. The molecule has 1 aromatic rings. The van der Waals surface area contributed by atoms with E-state index in [1.807, 2.05) is 38.1 Å². The molecule has 18 heavy (non-hydrogen) atoms. The van der Waals surface area contributed by atoms with Gasteiger partial charge in [-0.25, -0.2) is 4.79 Å². The molecular formula is C13H17NO4. The van der Waals surface area contributed by atoms with Crippen molar-refractivity contribution in [1.29, 1.82) is 0 Å². The number of carboxylic acid groups (broad SMARTS) is 1. The Hall–Kier alpha value is -2.04. The molecule has 0 aliphatic heterocycles. The molecule has 0 saturated carbocycles. The highest BCUT2D eigenvalue weighted by Crippen LogP contribution is 2.14. The molecule has 0 radical (unpaired) electrons. The number of benzene rings is 1. The topological polar surface area (TPSA) is 68.1 Å². The van der Waals surface area contributed by atoms with E-state index in [2.05, 4.69) is 9.99 Å². The largest absolute Gasteiger partial charge is 0.491 e. The Kier molecular flexibility index (Phi) is 5.17. The van der Waals surface area contributed by atoms with Gasteiger partial charge in [0, 0.05) is 0 Å². The molecule has 1 aromatic carbocycles. The van der Waals surface area contributed by atoms with E-state index in [4.69, 9.17) is 9.84 Å². The molecule has 0 saturated heterocycles. The molecule has 0 heterocycles. The third kappa shape index (κ3) is 4.86. The van der Waals surface area contributed by atoms with Gasteiger partial charge in [-0.05, 0) is 50.6 Å². The number of carboxylic acids is 1. The highest BCUT2D eigenvalue weighted by molar-refractivity contribution is 5.98. The van der Waals surface area contributed by atoms with Gasteiger partial charge in [-0.15, -0.1) is 0 Å². The molecule has 5 nitrogen and oxygen atoms in total. The van der Waals surface area contributed by atoms with Gasteiger partial charge in [0.15, 0.2) is 0 Å². The standard InChI is InChI=1S/C13H17NO4/c1-9(2)18-12-6-4-11(5-7-12)10(3)14-17-8-13(15)16/h4-7,9H,8H2,1-3H3,(H,15,16)/b14-10+. The summed E-state index contributed by atoms with van der Waals surface area (Å²) in [7, 11) is 0. The number of hydrogen-bond acceptors (Lipinski definition) is 4. The summed E-state index contributed by atoms with van der Waals surface area (Å²) >= 11 is 0. The van der Waals surface area contributed by atoms with Gasteiger partial charge < -0.3 is 14.7 Å². The molecule has 0 spiro atoms. The van der Waals surface area contributed by atoms with Gasteiger partial charge in [0.05, 0.1) is 11.8 Å². The van der Waals surface area contributed by atoms with Crippen LogP contribution in [0.1, 0.15) is 26.3 Å². The summed E-state index contributed by atoms with van der Waals surface area (Å²) in [5.74, 6) is -0.264. The first-order valence-electron chi connectivity index (χ1n) is 5.64. The quantitative estimate of drug-likeness (QED) is 0.622. The maximum absolute atomic E-state index is 10.3. The number of ether oxygens (including phenoxy) is 1. The second-order valence-corrected chi connectivity index (χ2v) is 4.03. The van der Waals surface area contributed by atoms with E-state index in [1.54, 1.807) is 6.92 Å². The maximum Gasteiger partial charge on any atom is 0.344 e. The second kappa shape index (κ2) is 6.64. The van der Waals surface area contributed by atoms with Crippen molar-refractivity contribution in [2.24, 2.45) is 5.16 Å². The fourth-order valence-corrected chi connectivity index (χ4v) is 1.28. The molecule has 98 valence electrons. The van der Waals surface area contributed by atoms with E-state index in [1.165, 1.54) is 0 Å². The van der Waals surface area contributed by atoms with Crippen molar-refractivity contribution in [3.8, 4) is 5.75 Å². The summed E-state index contributed by atoms with van der Waals surface area (Å²) in [5.41, 5.74) is 1.48. The SMILES string of the molecule is C/C(=N\OCC(=O)O)c1ccc(OC(C)C)cc1. The lowest BCUT2D eigenvalue weighted by Crippen LogP contribution is -2.06. The molecule has 0 bridgehead atoms. The number of oxime groups is 1. The van der Waals surface area contributed by atoms with Crippen LogP contribution in [0.5, 0.6) is 5.75 Å². The second-order valence-electron chi connectivity index (χ2n) is 4.03. The van der Waals surface area contributed by atoms with Crippen LogP contribution in [0, 0.1) is 0 Å². The zero-order valence-corrected chi connectivity index (χ0v) is 10.7. The minimum Gasteiger partial charge on any atom is -0.491 e. The van der Waals surface area contributed by atoms with Gasteiger partial charge >= 0.3 is 5.97 Å². The zero-order chi connectivity index (χ0) is 13.5. The maximum atomic E-state index is 10.3. The fraction of sp³-hybridized carbons (Fsp3) is 0.385. The Bertz CT molecular complexity index is 423. The Morgan fingerprint density at radius 3 is 2.44 bits per heavy atom. The highest BCUT2D eigenvalue weighted by atomic mass is 16.6. The molecule has 1 rings (SSSR count). The molecule has 0 amide bonds. The number of hydrogen-bond donors (Lipinski definition) is 1. The van der Waals surface area contributed by atoms with Crippen LogP contribution in [0.15, 0.2) is 29.4 Å². The molecule has 1 N–H and O–H groups in total. The Morgan fingerprint density at radius 2 is 1.94 bits per heavy atom. The minimum atomic E-state index is -1.05. The molecule has 0 aliphatic carbocycles. The van der Waals surface area contributed by atoms with Crippen LogP contribution >= 0.6 is 0 Å². The lowest BCUT2D eigenvalue weighted by atomic mass is 10.1. The highest BCUT2D eigenvalue weighted by Gasteiger charge is 2.02. The van der Waals surface area contributed by atoms with Crippen LogP contribution in [0.3, 0.4) is 0 Å². The van der Waals surface area contributed by atoms with Crippen molar-refractivity contribution in [3.05, 3.63) is 29.8 Å². The van der Waals surface area contributed by atoms with Gasteiger partial charge in [-0.1, -0.05) is 5.16 Å². The summed E-state index contributed by atoms with van der Waals surface area (Å²) in [5, 5.41) is 12.1.